The SMILES string of the molecule is c1ccc(-c2nc(-c3ccccc3)nc(-c3cccc(-c4cccc(-c5cnc6c7ccccc7c7ccccc7c6n5)c4)c3)n2)cc1. The summed E-state index contributed by atoms with van der Waals surface area (Å²) in [4.78, 5) is 24.9. The van der Waals surface area contributed by atoms with Crippen molar-refractivity contribution in [3.8, 4) is 56.5 Å². The van der Waals surface area contributed by atoms with Crippen molar-refractivity contribution in [3.63, 3.8) is 0 Å². The summed E-state index contributed by atoms with van der Waals surface area (Å²) in [5.41, 5.74) is 8.59. The van der Waals surface area contributed by atoms with Crippen molar-refractivity contribution in [2.24, 2.45) is 0 Å². The van der Waals surface area contributed by atoms with Gasteiger partial charge in [0.1, 0.15) is 0 Å². The van der Waals surface area contributed by atoms with E-state index in [9.17, 15) is 0 Å². The molecule has 9 rings (SSSR count). The van der Waals surface area contributed by atoms with Crippen LogP contribution in [0.1, 0.15) is 0 Å². The van der Waals surface area contributed by atoms with E-state index >= 15 is 0 Å². The van der Waals surface area contributed by atoms with Crippen molar-refractivity contribution in [1.82, 2.24) is 24.9 Å². The van der Waals surface area contributed by atoms with Gasteiger partial charge in [-0.25, -0.2) is 19.9 Å². The molecule has 0 aliphatic heterocycles. The Kier molecular flexibility index (Phi) is 6.72. The molecule has 7 aromatic carbocycles. The van der Waals surface area contributed by atoms with E-state index in [1.807, 2.05) is 66.9 Å². The van der Waals surface area contributed by atoms with Gasteiger partial charge in [0.05, 0.1) is 22.9 Å². The van der Waals surface area contributed by atoms with E-state index in [2.05, 4.69) is 97.1 Å². The van der Waals surface area contributed by atoms with E-state index < -0.39 is 0 Å². The summed E-state index contributed by atoms with van der Waals surface area (Å²) < 4.78 is 0. The molecule has 0 atom stereocenters. The van der Waals surface area contributed by atoms with Crippen molar-refractivity contribution in [2.75, 3.05) is 0 Å². The van der Waals surface area contributed by atoms with E-state index in [0.29, 0.717) is 17.5 Å². The van der Waals surface area contributed by atoms with Gasteiger partial charge >= 0.3 is 0 Å². The third-order valence-electron chi connectivity index (χ3n) is 8.74. The Labute approximate surface area is 277 Å². The van der Waals surface area contributed by atoms with Crippen molar-refractivity contribution in [2.45, 2.75) is 0 Å². The third kappa shape index (κ3) is 4.95. The number of hydrogen-bond acceptors (Lipinski definition) is 5. The zero-order valence-corrected chi connectivity index (χ0v) is 25.8. The molecule has 48 heavy (non-hydrogen) atoms. The Morgan fingerprint density at radius 3 is 1.29 bits per heavy atom. The summed E-state index contributed by atoms with van der Waals surface area (Å²) in [5, 5.41) is 4.59. The Bertz CT molecular complexity index is 2520. The van der Waals surface area contributed by atoms with Gasteiger partial charge in [-0.1, -0.05) is 146 Å². The monoisotopic (exact) mass is 613 g/mol. The van der Waals surface area contributed by atoms with Gasteiger partial charge in [0.2, 0.25) is 0 Å². The number of benzene rings is 7. The number of aromatic nitrogens is 5. The van der Waals surface area contributed by atoms with Gasteiger partial charge in [0.15, 0.2) is 17.5 Å². The summed E-state index contributed by atoms with van der Waals surface area (Å²) in [6, 6.07) is 53.8. The van der Waals surface area contributed by atoms with Crippen molar-refractivity contribution < 1.29 is 0 Å². The molecule has 5 heteroatoms. The smallest absolute Gasteiger partial charge is 0.164 e. The highest BCUT2D eigenvalue weighted by molar-refractivity contribution is 6.23. The second kappa shape index (κ2) is 11.6. The average Bonchev–Trinajstić information content (AvgIpc) is 3.18. The van der Waals surface area contributed by atoms with Crippen LogP contribution in [0.25, 0.3) is 89.1 Å². The molecule has 0 spiro atoms. The van der Waals surface area contributed by atoms with Crippen molar-refractivity contribution in [3.05, 3.63) is 164 Å². The van der Waals surface area contributed by atoms with Crippen LogP contribution in [0.3, 0.4) is 0 Å². The summed E-state index contributed by atoms with van der Waals surface area (Å²) in [7, 11) is 0. The number of nitrogens with zero attached hydrogens (tertiary/aromatic N) is 5. The van der Waals surface area contributed by atoms with Gasteiger partial charge in [-0.2, -0.15) is 0 Å². The minimum atomic E-state index is 0.625. The third-order valence-corrected chi connectivity index (χ3v) is 8.74. The zero-order chi connectivity index (χ0) is 31.9. The molecule has 5 nitrogen and oxygen atoms in total. The second-order valence-corrected chi connectivity index (χ2v) is 11.7. The Balaban J connectivity index is 1.14. The van der Waals surface area contributed by atoms with E-state index in [-0.39, 0.29) is 0 Å². The predicted octanol–water partition coefficient (Wildman–Crippen LogP) is 10.5. The maximum atomic E-state index is 5.21. The van der Waals surface area contributed by atoms with Gasteiger partial charge in [-0.05, 0) is 34.0 Å². The van der Waals surface area contributed by atoms with Crippen molar-refractivity contribution >= 4 is 32.6 Å². The number of fused-ring (bicyclic) bond motifs is 6. The Morgan fingerprint density at radius 2 is 0.708 bits per heavy atom. The lowest BCUT2D eigenvalue weighted by atomic mass is 9.98. The first-order valence-electron chi connectivity index (χ1n) is 15.9. The molecule has 0 saturated carbocycles. The lowest BCUT2D eigenvalue weighted by Crippen LogP contribution is -2.00. The second-order valence-electron chi connectivity index (χ2n) is 11.7. The molecule has 0 aliphatic carbocycles. The van der Waals surface area contributed by atoms with Crippen LogP contribution < -0.4 is 0 Å². The molecule has 0 bridgehead atoms. The van der Waals surface area contributed by atoms with Crippen LogP contribution in [0.5, 0.6) is 0 Å². The highest BCUT2D eigenvalue weighted by atomic mass is 15.0. The Hall–Kier alpha value is -6.59. The lowest BCUT2D eigenvalue weighted by molar-refractivity contribution is 1.07. The molecule has 224 valence electrons. The van der Waals surface area contributed by atoms with Crippen LogP contribution in [0.2, 0.25) is 0 Å². The summed E-state index contributed by atoms with van der Waals surface area (Å²) in [5.74, 6) is 1.91. The molecule has 0 unspecified atom stereocenters. The molecule has 2 heterocycles. The van der Waals surface area contributed by atoms with Crippen molar-refractivity contribution in [1.29, 1.82) is 0 Å². The molecule has 0 N–H and O–H groups in total. The maximum Gasteiger partial charge on any atom is 0.164 e. The largest absolute Gasteiger partial charge is 0.252 e. The van der Waals surface area contributed by atoms with Crippen LogP contribution in [0, 0.1) is 0 Å². The van der Waals surface area contributed by atoms with E-state index in [1.54, 1.807) is 0 Å². The van der Waals surface area contributed by atoms with Gasteiger partial charge in [-0.3, -0.25) is 4.98 Å². The molecule has 0 saturated heterocycles. The maximum absolute atomic E-state index is 5.21. The molecular weight excluding hydrogens is 587 g/mol. The van der Waals surface area contributed by atoms with Crippen LogP contribution in [0.4, 0.5) is 0 Å². The first kappa shape index (κ1) is 27.7. The predicted molar refractivity (Wildman–Crippen MR) is 195 cm³/mol. The normalized spacial score (nSPS) is 11.3. The highest BCUT2D eigenvalue weighted by Crippen LogP contribution is 2.35. The Morgan fingerprint density at radius 1 is 0.292 bits per heavy atom. The van der Waals surface area contributed by atoms with Gasteiger partial charge in [-0.15, -0.1) is 0 Å². The summed E-state index contributed by atoms with van der Waals surface area (Å²) in [6.45, 7) is 0. The molecule has 0 aliphatic rings. The highest BCUT2D eigenvalue weighted by Gasteiger charge is 2.15. The van der Waals surface area contributed by atoms with E-state index in [0.717, 1.165) is 60.9 Å². The van der Waals surface area contributed by atoms with Gasteiger partial charge in [0.25, 0.3) is 0 Å². The summed E-state index contributed by atoms with van der Waals surface area (Å²) in [6.07, 6.45) is 1.89. The lowest BCUT2D eigenvalue weighted by Gasteiger charge is -2.11. The van der Waals surface area contributed by atoms with Crippen LogP contribution in [-0.4, -0.2) is 24.9 Å². The van der Waals surface area contributed by atoms with Crippen LogP contribution in [-0.2, 0) is 0 Å². The fraction of sp³-hybridized carbons (Fsp3) is 0. The minimum absolute atomic E-state index is 0.625. The molecular formula is C43H27N5. The van der Waals surface area contributed by atoms with Gasteiger partial charge < -0.3 is 0 Å². The van der Waals surface area contributed by atoms with Crippen LogP contribution in [0.15, 0.2) is 164 Å². The number of rotatable bonds is 5. The minimum Gasteiger partial charge on any atom is -0.252 e. The number of hydrogen-bond donors (Lipinski definition) is 0. The zero-order valence-electron chi connectivity index (χ0n) is 25.8. The van der Waals surface area contributed by atoms with E-state index in [1.165, 1.54) is 10.8 Å². The molecule has 0 amide bonds. The molecule has 2 aromatic heterocycles. The molecule has 0 radical (unpaired) electrons. The molecule has 0 fully saturated rings. The average molecular weight is 614 g/mol. The quantitative estimate of drug-likeness (QED) is 0.181. The first-order chi connectivity index (χ1) is 23.8. The standard InChI is InChI=1S/C43H27N5/c1-3-13-28(14-4-1)41-46-42(29-15-5-2-6-16-29)48-43(47-41)33-20-12-18-31(26-33)30-17-11-19-32(25-30)38-27-44-39-36-23-9-7-21-34(36)35-22-8-10-24-37(35)40(39)45-38/h1-27H. The summed E-state index contributed by atoms with van der Waals surface area (Å²) >= 11 is 0. The van der Waals surface area contributed by atoms with E-state index in [4.69, 9.17) is 24.9 Å². The fourth-order valence-electron chi connectivity index (χ4n) is 6.40. The molecule has 9 aromatic rings. The van der Waals surface area contributed by atoms with Gasteiger partial charge in [0, 0.05) is 33.0 Å². The van der Waals surface area contributed by atoms with Crippen LogP contribution >= 0.6 is 0 Å². The first-order valence-corrected chi connectivity index (χ1v) is 15.9. The topological polar surface area (TPSA) is 64.5 Å². The fourth-order valence-corrected chi connectivity index (χ4v) is 6.40.